The summed E-state index contributed by atoms with van der Waals surface area (Å²) in [6, 6.07) is 0. The zero-order chi connectivity index (χ0) is 10.9. The number of hydrogen-bond donors (Lipinski definition) is 0. The van der Waals surface area contributed by atoms with Gasteiger partial charge in [0, 0.05) is 13.2 Å². The van der Waals surface area contributed by atoms with Crippen LogP contribution in [0.1, 0.15) is 5.82 Å². The third-order valence-corrected chi connectivity index (χ3v) is 2.31. The maximum atomic E-state index is 11.0. The number of hydrogen-bond acceptors (Lipinski definition) is 5. The molecular formula is C6H9N3O4S. The summed E-state index contributed by atoms with van der Waals surface area (Å²) >= 11 is 0. The van der Waals surface area contributed by atoms with Gasteiger partial charge in [0.25, 0.3) is 0 Å². The van der Waals surface area contributed by atoms with Gasteiger partial charge in [0.2, 0.25) is 0 Å². The highest BCUT2D eigenvalue weighted by molar-refractivity contribution is 7.89. The number of nitro groups is 1. The van der Waals surface area contributed by atoms with Crippen LogP contribution in [0, 0.1) is 17.0 Å². The summed E-state index contributed by atoms with van der Waals surface area (Å²) in [4.78, 5) is 13.5. The molecule has 1 heterocycles. The molecule has 0 bridgehead atoms. The van der Waals surface area contributed by atoms with E-state index in [0.717, 1.165) is 17.0 Å². The zero-order valence-electron chi connectivity index (χ0n) is 7.67. The van der Waals surface area contributed by atoms with Crippen molar-refractivity contribution in [3.05, 3.63) is 22.1 Å². The van der Waals surface area contributed by atoms with E-state index in [-0.39, 0.29) is 5.82 Å². The SMILES string of the molecule is Cc1ncc([N+](=O)[O-])n1CS(C)(=O)=O. The lowest BCUT2D eigenvalue weighted by Gasteiger charge is -2.00. The predicted molar refractivity (Wildman–Crippen MR) is 48.5 cm³/mol. The monoisotopic (exact) mass is 219 g/mol. The molecule has 0 N–H and O–H groups in total. The van der Waals surface area contributed by atoms with E-state index in [1.54, 1.807) is 0 Å². The number of sulfone groups is 1. The fraction of sp³-hybridized carbons (Fsp3) is 0.500. The van der Waals surface area contributed by atoms with E-state index < -0.39 is 20.6 Å². The van der Waals surface area contributed by atoms with E-state index in [1.165, 1.54) is 6.92 Å². The lowest BCUT2D eigenvalue weighted by molar-refractivity contribution is -0.391. The molecular weight excluding hydrogens is 210 g/mol. The summed E-state index contributed by atoms with van der Waals surface area (Å²) in [6.45, 7) is 1.51. The van der Waals surface area contributed by atoms with Crippen LogP contribution in [0.25, 0.3) is 0 Å². The van der Waals surface area contributed by atoms with Crippen LogP contribution >= 0.6 is 0 Å². The van der Waals surface area contributed by atoms with Gasteiger partial charge < -0.3 is 10.1 Å². The Balaban J connectivity index is 3.19. The lowest BCUT2D eigenvalue weighted by Crippen LogP contribution is -2.12. The van der Waals surface area contributed by atoms with Crippen molar-refractivity contribution in [3.8, 4) is 0 Å². The van der Waals surface area contributed by atoms with Gasteiger partial charge >= 0.3 is 5.82 Å². The highest BCUT2D eigenvalue weighted by atomic mass is 32.2. The molecule has 0 aliphatic rings. The molecule has 7 nitrogen and oxygen atoms in total. The first kappa shape index (κ1) is 10.6. The van der Waals surface area contributed by atoms with Crippen molar-refractivity contribution < 1.29 is 13.3 Å². The zero-order valence-corrected chi connectivity index (χ0v) is 8.48. The second kappa shape index (κ2) is 3.37. The van der Waals surface area contributed by atoms with E-state index in [9.17, 15) is 18.5 Å². The Hall–Kier alpha value is -1.44. The fourth-order valence-corrected chi connectivity index (χ4v) is 1.78. The molecule has 0 fully saturated rings. The minimum atomic E-state index is -3.31. The van der Waals surface area contributed by atoms with E-state index in [0.29, 0.717) is 5.82 Å². The Kier molecular flexibility index (Phi) is 2.56. The minimum absolute atomic E-state index is 0.308. The maximum Gasteiger partial charge on any atom is 0.343 e. The van der Waals surface area contributed by atoms with Crippen LogP contribution < -0.4 is 0 Å². The van der Waals surface area contributed by atoms with Crippen molar-refractivity contribution in [2.24, 2.45) is 0 Å². The fourth-order valence-electron chi connectivity index (χ4n) is 0.996. The number of nitrogens with zero attached hydrogens (tertiary/aromatic N) is 3. The minimum Gasteiger partial charge on any atom is -0.358 e. The predicted octanol–water partition coefficient (Wildman–Crippen LogP) is 0.102. The summed E-state index contributed by atoms with van der Waals surface area (Å²) in [5.74, 6) is -0.426. The van der Waals surface area contributed by atoms with Crippen molar-refractivity contribution >= 4 is 15.7 Å². The van der Waals surface area contributed by atoms with E-state index in [2.05, 4.69) is 4.98 Å². The van der Waals surface area contributed by atoms with Crippen molar-refractivity contribution in [2.45, 2.75) is 12.8 Å². The molecule has 78 valence electrons. The van der Waals surface area contributed by atoms with Gasteiger partial charge in [0.05, 0.1) is 0 Å². The molecule has 1 aromatic heterocycles. The van der Waals surface area contributed by atoms with Gasteiger partial charge in [-0.05, 0) is 4.92 Å². The third-order valence-electron chi connectivity index (χ3n) is 1.58. The van der Waals surface area contributed by atoms with Gasteiger partial charge in [0.1, 0.15) is 6.20 Å². The van der Waals surface area contributed by atoms with Crippen LogP contribution in [0.3, 0.4) is 0 Å². The van der Waals surface area contributed by atoms with Crippen LogP contribution in [0.15, 0.2) is 6.20 Å². The Bertz CT molecular complexity index is 461. The molecule has 14 heavy (non-hydrogen) atoms. The molecule has 8 heteroatoms. The Morgan fingerprint density at radius 1 is 1.64 bits per heavy atom. The molecule has 0 spiro atoms. The van der Waals surface area contributed by atoms with Crippen LogP contribution in [0.2, 0.25) is 0 Å². The summed E-state index contributed by atoms with van der Waals surface area (Å²) in [7, 11) is -3.31. The second-order valence-electron chi connectivity index (χ2n) is 2.90. The third kappa shape index (κ3) is 2.28. The number of aryl methyl sites for hydroxylation is 1. The lowest BCUT2D eigenvalue weighted by atomic mass is 10.7. The molecule has 0 radical (unpaired) electrons. The molecule has 1 aromatic rings. The normalized spacial score (nSPS) is 11.6. The molecule has 0 unspecified atom stereocenters. The van der Waals surface area contributed by atoms with Gasteiger partial charge in [-0.1, -0.05) is 0 Å². The van der Waals surface area contributed by atoms with Crippen molar-refractivity contribution in [2.75, 3.05) is 6.26 Å². The van der Waals surface area contributed by atoms with Crippen molar-refractivity contribution in [3.63, 3.8) is 0 Å². The first-order valence-corrected chi connectivity index (χ1v) is 5.71. The van der Waals surface area contributed by atoms with E-state index >= 15 is 0 Å². The van der Waals surface area contributed by atoms with Gasteiger partial charge in [-0.2, -0.15) is 4.57 Å². The second-order valence-corrected chi connectivity index (χ2v) is 5.01. The number of imidazole rings is 1. The van der Waals surface area contributed by atoms with Gasteiger partial charge in [-0.25, -0.2) is 13.4 Å². The standard InChI is InChI=1S/C6H9N3O4S/c1-5-7-3-6(9(10)11)8(5)4-14(2,12)13/h3H,4H2,1-2H3. The van der Waals surface area contributed by atoms with Gasteiger partial charge in [-0.3, -0.25) is 0 Å². The van der Waals surface area contributed by atoms with Crippen LogP contribution in [-0.2, 0) is 15.7 Å². The average molecular weight is 219 g/mol. The quantitative estimate of drug-likeness (QED) is 0.530. The highest BCUT2D eigenvalue weighted by Crippen LogP contribution is 2.14. The summed E-state index contributed by atoms with van der Waals surface area (Å²) in [5, 5.41) is 10.5. The largest absolute Gasteiger partial charge is 0.358 e. The first-order valence-electron chi connectivity index (χ1n) is 3.65. The topological polar surface area (TPSA) is 95.1 Å². The first-order chi connectivity index (χ1) is 6.31. The Morgan fingerprint density at radius 2 is 2.21 bits per heavy atom. The molecule has 0 amide bonds. The maximum absolute atomic E-state index is 11.0. The van der Waals surface area contributed by atoms with Crippen LogP contribution in [0.5, 0.6) is 0 Å². The summed E-state index contributed by atoms with van der Waals surface area (Å²) in [6.07, 6.45) is 2.05. The highest BCUT2D eigenvalue weighted by Gasteiger charge is 2.20. The van der Waals surface area contributed by atoms with Gasteiger partial charge in [-0.15, -0.1) is 0 Å². The van der Waals surface area contributed by atoms with Crippen molar-refractivity contribution in [1.29, 1.82) is 0 Å². The van der Waals surface area contributed by atoms with Gasteiger partial charge in [0.15, 0.2) is 21.5 Å². The summed E-state index contributed by atoms with van der Waals surface area (Å²) < 4.78 is 23.0. The molecule has 1 rings (SSSR count). The number of rotatable bonds is 3. The average Bonchev–Trinajstić information content (AvgIpc) is 2.29. The molecule has 0 aromatic carbocycles. The van der Waals surface area contributed by atoms with Crippen LogP contribution in [-0.4, -0.2) is 29.1 Å². The van der Waals surface area contributed by atoms with E-state index in [1.807, 2.05) is 0 Å². The van der Waals surface area contributed by atoms with Crippen molar-refractivity contribution in [1.82, 2.24) is 9.55 Å². The smallest absolute Gasteiger partial charge is 0.343 e. The molecule has 0 saturated heterocycles. The molecule has 0 atom stereocenters. The molecule has 0 aliphatic heterocycles. The Labute approximate surface area is 80.4 Å². The Morgan fingerprint density at radius 3 is 2.64 bits per heavy atom. The summed E-state index contributed by atoms with van der Waals surface area (Å²) in [5.41, 5.74) is 0. The van der Waals surface area contributed by atoms with Crippen LogP contribution in [0.4, 0.5) is 5.82 Å². The molecule has 0 aliphatic carbocycles. The van der Waals surface area contributed by atoms with E-state index in [4.69, 9.17) is 0 Å². The molecule has 0 saturated carbocycles. The number of aromatic nitrogens is 2.